The van der Waals surface area contributed by atoms with Gasteiger partial charge in [0, 0.05) is 17.9 Å². The van der Waals surface area contributed by atoms with E-state index in [0.717, 1.165) is 30.1 Å². The number of nitrogens with one attached hydrogen (secondary N) is 2. The number of halogens is 2. The SMILES string of the molecule is CO/N=C(\CC(=O)NC1C=C(C(=O)NSC)OC1)c1cc(F)cc(F)c1. The Hall–Kier alpha value is -2.62. The van der Waals surface area contributed by atoms with E-state index in [2.05, 4.69) is 20.0 Å². The third kappa shape index (κ3) is 5.45. The zero-order valence-electron chi connectivity index (χ0n) is 14.0. The highest BCUT2D eigenvalue weighted by Gasteiger charge is 2.24. The molecule has 0 saturated heterocycles. The van der Waals surface area contributed by atoms with Crippen molar-refractivity contribution in [2.45, 2.75) is 12.5 Å². The van der Waals surface area contributed by atoms with Gasteiger partial charge in [0.2, 0.25) is 5.91 Å². The smallest absolute Gasteiger partial charge is 0.295 e. The van der Waals surface area contributed by atoms with Crippen molar-refractivity contribution in [2.75, 3.05) is 20.0 Å². The molecule has 1 atom stereocenters. The van der Waals surface area contributed by atoms with Crippen LogP contribution in [-0.4, -0.2) is 43.5 Å². The molecule has 26 heavy (non-hydrogen) atoms. The Morgan fingerprint density at radius 2 is 2.04 bits per heavy atom. The minimum absolute atomic E-state index is 0.0617. The fraction of sp³-hybridized carbons (Fsp3) is 0.312. The Labute approximate surface area is 152 Å². The summed E-state index contributed by atoms with van der Waals surface area (Å²) in [6, 6.07) is 2.32. The summed E-state index contributed by atoms with van der Waals surface area (Å²) in [4.78, 5) is 28.5. The molecule has 0 spiro atoms. The third-order valence-electron chi connectivity index (χ3n) is 3.26. The summed E-state index contributed by atoms with van der Waals surface area (Å²) in [5, 5.41) is 6.31. The third-order valence-corrected chi connectivity index (χ3v) is 3.65. The largest absolute Gasteiger partial charge is 0.486 e. The van der Waals surface area contributed by atoms with E-state index in [4.69, 9.17) is 4.74 Å². The number of oxime groups is 1. The number of carbonyl (C=O) groups excluding carboxylic acids is 2. The van der Waals surface area contributed by atoms with E-state index < -0.39 is 29.5 Å². The molecule has 0 radical (unpaired) electrons. The van der Waals surface area contributed by atoms with Gasteiger partial charge in [-0.2, -0.15) is 0 Å². The zero-order chi connectivity index (χ0) is 19.1. The van der Waals surface area contributed by atoms with Gasteiger partial charge in [-0.25, -0.2) is 8.78 Å². The molecule has 0 fully saturated rings. The summed E-state index contributed by atoms with van der Waals surface area (Å²) in [5.74, 6) is -2.34. The standard InChI is InChI=1S/C16H17F2N3O4S/c1-24-20-13(9-3-10(17)5-11(18)4-9)7-15(22)19-12-6-14(25-8-12)16(23)21-26-2/h3-6,12H,7-8H2,1-2H3,(H,19,22)(H,21,23)/b20-13+. The van der Waals surface area contributed by atoms with E-state index in [1.54, 1.807) is 6.26 Å². The number of rotatable bonds is 7. The van der Waals surface area contributed by atoms with Gasteiger partial charge in [-0.05, 0) is 18.2 Å². The Morgan fingerprint density at radius 1 is 1.35 bits per heavy atom. The van der Waals surface area contributed by atoms with Crippen molar-refractivity contribution in [1.29, 1.82) is 0 Å². The molecule has 2 N–H and O–H groups in total. The highest BCUT2D eigenvalue weighted by molar-refractivity contribution is 7.97. The number of nitrogens with zero attached hydrogens (tertiary/aromatic N) is 1. The predicted molar refractivity (Wildman–Crippen MR) is 92.1 cm³/mol. The van der Waals surface area contributed by atoms with Crippen molar-refractivity contribution in [3.05, 3.63) is 47.2 Å². The molecule has 0 aliphatic carbocycles. The second kappa shape index (κ2) is 9.18. The van der Waals surface area contributed by atoms with Crippen molar-refractivity contribution < 1.29 is 27.9 Å². The minimum Gasteiger partial charge on any atom is -0.486 e. The Balaban J connectivity index is 2.03. The number of carbonyl (C=O) groups is 2. The normalized spacial score (nSPS) is 16.5. The molecule has 140 valence electrons. The molecule has 1 heterocycles. The van der Waals surface area contributed by atoms with Crippen LogP contribution in [-0.2, 0) is 19.2 Å². The van der Waals surface area contributed by atoms with Crippen LogP contribution in [0.2, 0.25) is 0 Å². The van der Waals surface area contributed by atoms with Crippen molar-refractivity contribution in [2.24, 2.45) is 5.16 Å². The molecule has 1 aromatic carbocycles. The Morgan fingerprint density at radius 3 is 2.65 bits per heavy atom. The number of benzene rings is 1. The van der Waals surface area contributed by atoms with Crippen LogP contribution in [0.15, 0.2) is 35.2 Å². The summed E-state index contributed by atoms with van der Waals surface area (Å²) < 4.78 is 34.5. The van der Waals surface area contributed by atoms with Crippen molar-refractivity contribution in [3.8, 4) is 0 Å². The zero-order valence-corrected chi connectivity index (χ0v) is 14.9. The maximum Gasteiger partial charge on any atom is 0.295 e. The summed E-state index contributed by atoms with van der Waals surface area (Å²) in [6.07, 6.45) is 2.91. The second-order valence-corrected chi connectivity index (χ2v) is 5.82. The monoisotopic (exact) mass is 385 g/mol. The lowest BCUT2D eigenvalue weighted by Crippen LogP contribution is -2.35. The Kier molecular flexibility index (Phi) is 6.96. The van der Waals surface area contributed by atoms with Gasteiger partial charge in [-0.15, -0.1) is 0 Å². The lowest BCUT2D eigenvalue weighted by molar-refractivity contribution is -0.120. The van der Waals surface area contributed by atoms with Crippen LogP contribution in [0.1, 0.15) is 12.0 Å². The quantitative estimate of drug-likeness (QED) is 0.422. The number of hydrogen-bond acceptors (Lipinski definition) is 6. The first-order chi connectivity index (χ1) is 12.4. The van der Waals surface area contributed by atoms with Gasteiger partial charge in [0.15, 0.2) is 5.76 Å². The van der Waals surface area contributed by atoms with Crippen LogP contribution >= 0.6 is 11.9 Å². The number of amides is 2. The maximum absolute atomic E-state index is 13.4. The summed E-state index contributed by atoms with van der Waals surface area (Å²) >= 11 is 1.13. The first kappa shape index (κ1) is 19.7. The van der Waals surface area contributed by atoms with Gasteiger partial charge in [0.05, 0.1) is 18.2 Å². The van der Waals surface area contributed by atoms with Crippen LogP contribution in [0.3, 0.4) is 0 Å². The van der Waals surface area contributed by atoms with E-state index in [0.29, 0.717) is 0 Å². The number of ether oxygens (including phenoxy) is 1. The summed E-state index contributed by atoms with van der Waals surface area (Å²) in [6.45, 7) is 0.105. The minimum atomic E-state index is -0.791. The fourth-order valence-electron chi connectivity index (χ4n) is 2.25. The van der Waals surface area contributed by atoms with Gasteiger partial charge >= 0.3 is 0 Å². The van der Waals surface area contributed by atoms with Crippen LogP contribution in [0, 0.1) is 11.6 Å². The molecule has 10 heteroatoms. The molecule has 2 rings (SSSR count). The molecule has 0 aromatic heterocycles. The molecule has 7 nitrogen and oxygen atoms in total. The predicted octanol–water partition coefficient (Wildman–Crippen LogP) is 1.50. The molecular formula is C16H17F2N3O4S. The lowest BCUT2D eigenvalue weighted by Gasteiger charge is -2.11. The molecule has 1 unspecified atom stereocenters. The van der Waals surface area contributed by atoms with E-state index >= 15 is 0 Å². The van der Waals surface area contributed by atoms with E-state index in [1.165, 1.54) is 13.2 Å². The average molecular weight is 385 g/mol. The lowest BCUT2D eigenvalue weighted by atomic mass is 10.1. The number of hydrogen-bond donors (Lipinski definition) is 2. The summed E-state index contributed by atoms with van der Waals surface area (Å²) in [7, 11) is 1.26. The van der Waals surface area contributed by atoms with Gasteiger partial charge in [0.25, 0.3) is 5.91 Å². The van der Waals surface area contributed by atoms with Gasteiger partial charge in [0.1, 0.15) is 25.4 Å². The maximum atomic E-state index is 13.4. The molecule has 0 saturated carbocycles. The van der Waals surface area contributed by atoms with Crippen LogP contribution in [0.25, 0.3) is 0 Å². The summed E-state index contributed by atoms with van der Waals surface area (Å²) in [5.41, 5.74) is 0.157. The van der Waals surface area contributed by atoms with E-state index in [-0.39, 0.29) is 30.1 Å². The Bertz CT molecular complexity index is 735. The molecule has 1 aliphatic rings. The van der Waals surface area contributed by atoms with Crippen molar-refractivity contribution in [3.63, 3.8) is 0 Å². The van der Waals surface area contributed by atoms with Crippen LogP contribution in [0.4, 0.5) is 8.78 Å². The van der Waals surface area contributed by atoms with Crippen LogP contribution in [0.5, 0.6) is 0 Å². The fourth-order valence-corrected chi connectivity index (χ4v) is 2.54. The van der Waals surface area contributed by atoms with E-state index in [9.17, 15) is 18.4 Å². The van der Waals surface area contributed by atoms with Crippen LogP contribution < -0.4 is 10.0 Å². The first-order valence-corrected chi connectivity index (χ1v) is 8.69. The second-order valence-electron chi connectivity index (χ2n) is 5.21. The highest BCUT2D eigenvalue weighted by atomic mass is 32.2. The molecule has 1 aliphatic heterocycles. The molecule has 1 aromatic rings. The molecular weight excluding hydrogens is 368 g/mol. The van der Waals surface area contributed by atoms with Gasteiger partial charge in [-0.3, -0.25) is 14.3 Å². The van der Waals surface area contributed by atoms with E-state index in [1.807, 2.05) is 0 Å². The van der Waals surface area contributed by atoms with Gasteiger partial charge in [-0.1, -0.05) is 17.1 Å². The molecule has 2 amide bonds. The van der Waals surface area contributed by atoms with Crippen molar-refractivity contribution in [1.82, 2.24) is 10.0 Å². The van der Waals surface area contributed by atoms with Crippen molar-refractivity contribution >= 4 is 29.5 Å². The first-order valence-electron chi connectivity index (χ1n) is 7.46. The topological polar surface area (TPSA) is 89.0 Å². The average Bonchev–Trinajstić information content (AvgIpc) is 3.02. The van der Waals surface area contributed by atoms with Gasteiger partial charge < -0.3 is 14.9 Å². The highest BCUT2D eigenvalue weighted by Crippen LogP contribution is 2.14. The molecule has 0 bridgehead atoms.